The Bertz CT molecular complexity index is 999. The van der Waals surface area contributed by atoms with Gasteiger partial charge in [0.15, 0.2) is 0 Å². The minimum absolute atomic E-state index is 0.0920. The number of amides is 1. The molecule has 2 aliphatic heterocycles. The maximum atomic E-state index is 13.3. The lowest BCUT2D eigenvalue weighted by molar-refractivity contribution is -0.137. The number of hydrogen-bond acceptors (Lipinski definition) is 5. The second-order valence-electron chi connectivity index (χ2n) is 8.32. The van der Waals surface area contributed by atoms with Gasteiger partial charge >= 0.3 is 0 Å². The highest BCUT2D eigenvalue weighted by Gasteiger charge is 2.36. The Morgan fingerprint density at radius 3 is 2.42 bits per heavy atom. The summed E-state index contributed by atoms with van der Waals surface area (Å²) >= 11 is 6.19. The molecule has 1 aromatic carbocycles. The first-order chi connectivity index (χ1) is 14.7. The van der Waals surface area contributed by atoms with E-state index in [0.717, 1.165) is 36.5 Å². The van der Waals surface area contributed by atoms with Gasteiger partial charge in [-0.3, -0.25) is 9.69 Å². The number of piperazine rings is 1. The average Bonchev–Trinajstić information content (AvgIpc) is 2.77. The van der Waals surface area contributed by atoms with E-state index in [2.05, 4.69) is 15.9 Å². The van der Waals surface area contributed by atoms with Gasteiger partial charge in [-0.1, -0.05) is 23.3 Å². The highest BCUT2D eigenvalue weighted by molar-refractivity contribution is 8.13. The summed E-state index contributed by atoms with van der Waals surface area (Å²) < 4.78 is 22.9. The Labute approximate surface area is 193 Å². The van der Waals surface area contributed by atoms with Gasteiger partial charge < -0.3 is 9.80 Å². The molecule has 6 nitrogen and oxygen atoms in total. The minimum atomic E-state index is -3.72. The van der Waals surface area contributed by atoms with E-state index in [1.54, 1.807) is 12.1 Å². The van der Waals surface area contributed by atoms with Gasteiger partial charge in [0.2, 0.25) is 5.91 Å². The first-order valence-electron chi connectivity index (χ1n) is 10.6. The monoisotopic (exact) mass is 483 g/mol. The third-order valence-electron chi connectivity index (χ3n) is 6.50. The molecular formula is C22H27Cl2N3O3S. The van der Waals surface area contributed by atoms with Crippen LogP contribution in [0.4, 0.5) is 5.69 Å². The molecule has 1 amide bonds. The largest absolute Gasteiger partial charge is 0.368 e. The molecule has 168 valence electrons. The van der Waals surface area contributed by atoms with Crippen molar-refractivity contribution >= 4 is 42.9 Å². The minimum Gasteiger partial charge on any atom is -0.368 e. The van der Waals surface area contributed by atoms with Gasteiger partial charge in [-0.15, -0.1) is 0 Å². The molecule has 0 N–H and O–H groups in total. The zero-order valence-electron chi connectivity index (χ0n) is 17.5. The molecule has 31 heavy (non-hydrogen) atoms. The molecule has 1 aliphatic carbocycles. The first-order valence-corrected chi connectivity index (χ1v) is 13.3. The van der Waals surface area contributed by atoms with Crippen LogP contribution in [0.3, 0.4) is 0 Å². The predicted octanol–water partition coefficient (Wildman–Crippen LogP) is 3.57. The SMILES string of the molecule is C[C@H](C(=O)N1CCN(c2ccc(S(=O)(=O)Cl)cc2)CC1)N1CCCC2=CC(Cl)=CCC21. The number of likely N-dealkylation sites (tertiary alicyclic amines) is 1. The van der Waals surface area contributed by atoms with Crippen LogP contribution in [-0.2, 0) is 13.8 Å². The molecule has 4 rings (SSSR count). The van der Waals surface area contributed by atoms with Crippen molar-refractivity contribution in [2.24, 2.45) is 0 Å². The average molecular weight is 484 g/mol. The quantitative estimate of drug-likeness (QED) is 0.612. The summed E-state index contributed by atoms with van der Waals surface area (Å²) in [6.45, 7) is 5.65. The number of piperidine rings is 1. The summed E-state index contributed by atoms with van der Waals surface area (Å²) in [7, 11) is 1.67. The molecule has 0 bridgehead atoms. The summed E-state index contributed by atoms with van der Waals surface area (Å²) in [6, 6.07) is 6.66. The molecule has 1 unspecified atom stereocenters. The van der Waals surface area contributed by atoms with Crippen LogP contribution >= 0.6 is 22.3 Å². The molecule has 9 heteroatoms. The van der Waals surface area contributed by atoms with Crippen molar-refractivity contribution < 1.29 is 13.2 Å². The van der Waals surface area contributed by atoms with Crippen LogP contribution in [0.15, 0.2) is 51.9 Å². The van der Waals surface area contributed by atoms with Crippen molar-refractivity contribution in [1.29, 1.82) is 0 Å². The van der Waals surface area contributed by atoms with Crippen LogP contribution in [0, 0.1) is 0 Å². The number of benzene rings is 1. The second kappa shape index (κ2) is 9.14. The number of nitrogens with zero attached hydrogens (tertiary/aromatic N) is 3. The summed E-state index contributed by atoms with van der Waals surface area (Å²) in [5, 5.41) is 0.805. The molecule has 2 saturated heterocycles. The molecule has 1 aromatic rings. The molecule has 0 spiro atoms. The summed E-state index contributed by atoms with van der Waals surface area (Å²) in [6.07, 6.45) is 7.08. The fraction of sp³-hybridized carbons (Fsp3) is 0.500. The van der Waals surface area contributed by atoms with Crippen LogP contribution in [0.5, 0.6) is 0 Å². The second-order valence-corrected chi connectivity index (χ2v) is 11.3. The normalized spacial score (nSPS) is 23.6. The number of anilines is 1. The molecule has 2 atom stereocenters. The lowest BCUT2D eigenvalue weighted by Gasteiger charge is -2.44. The van der Waals surface area contributed by atoms with Crippen molar-refractivity contribution in [2.45, 2.75) is 43.2 Å². The molecule has 2 fully saturated rings. The van der Waals surface area contributed by atoms with E-state index in [-0.39, 0.29) is 22.9 Å². The molecule has 3 aliphatic rings. The summed E-state index contributed by atoms with van der Waals surface area (Å²) in [5.41, 5.74) is 2.27. The van der Waals surface area contributed by atoms with E-state index < -0.39 is 9.05 Å². The van der Waals surface area contributed by atoms with Crippen LogP contribution in [-0.4, -0.2) is 68.9 Å². The third kappa shape index (κ3) is 4.95. The number of allylic oxidation sites excluding steroid dienone is 2. The molecular weight excluding hydrogens is 457 g/mol. The van der Waals surface area contributed by atoms with Gasteiger partial charge in [0.25, 0.3) is 9.05 Å². The van der Waals surface area contributed by atoms with Crippen LogP contribution in [0.2, 0.25) is 0 Å². The standard InChI is InChI=1S/C22H27Cl2N3O3S/c1-16(27-10-2-3-17-15-18(23)4-9-21(17)27)22(28)26-13-11-25(12-14-26)19-5-7-20(8-6-19)31(24,29)30/h4-8,15-16,21H,2-3,9-14H2,1H3/t16-,21?/m1/s1. The van der Waals surface area contributed by atoms with Crippen molar-refractivity contribution in [3.05, 3.63) is 47.0 Å². The van der Waals surface area contributed by atoms with E-state index >= 15 is 0 Å². The van der Waals surface area contributed by atoms with E-state index in [9.17, 15) is 13.2 Å². The van der Waals surface area contributed by atoms with Gasteiger partial charge in [0.1, 0.15) is 0 Å². The fourth-order valence-electron chi connectivity index (χ4n) is 4.79. The molecule has 0 saturated carbocycles. The lowest BCUT2D eigenvalue weighted by atomic mass is 9.88. The van der Waals surface area contributed by atoms with Crippen molar-refractivity contribution in [3.63, 3.8) is 0 Å². The Morgan fingerprint density at radius 2 is 1.77 bits per heavy atom. The Balaban J connectivity index is 1.36. The fourth-order valence-corrected chi connectivity index (χ4v) is 5.79. The van der Waals surface area contributed by atoms with Crippen LogP contribution < -0.4 is 4.90 Å². The molecule has 0 aromatic heterocycles. The number of hydrogen-bond donors (Lipinski definition) is 0. The summed E-state index contributed by atoms with van der Waals surface area (Å²) in [5.74, 6) is 0.171. The van der Waals surface area contributed by atoms with Gasteiger partial charge in [-0.25, -0.2) is 8.42 Å². The topological polar surface area (TPSA) is 60.9 Å². The van der Waals surface area contributed by atoms with E-state index in [1.165, 1.54) is 17.7 Å². The molecule has 0 radical (unpaired) electrons. The summed E-state index contributed by atoms with van der Waals surface area (Å²) in [4.78, 5) is 19.8. The number of fused-ring (bicyclic) bond motifs is 1. The van der Waals surface area contributed by atoms with Gasteiger partial charge in [-0.2, -0.15) is 0 Å². The zero-order valence-corrected chi connectivity index (χ0v) is 19.8. The Kier molecular flexibility index (Phi) is 6.68. The van der Waals surface area contributed by atoms with E-state index in [0.29, 0.717) is 26.2 Å². The zero-order chi connectivity index (χ0) is 22.2. The van der Waals surface area contributed by atoms with Crippen molar-refractivity contribution in [2.75, 3.05) is 37.6 Å². The van der Waals surface area contributed by atoms with Gasteiger partial charge in [-0.05, 0) is 63.1 Å². The third-order valence-corrected chi connectivity index (χ3v) is 8.13. The highest BCUT2D eigenvalue weighted by Crippen LogP contribution is 2.33. The van der Waals surface area contributed by atoms with Crippen molar-refractivity contribution in [1.82, 2.24) is 9.80 Å². The highest BCUT2D eigenvalue weighted by atomic mass is 35.7. The Morgan fingerprint density at radius 1 is 1.10 bits per heavy atom. The van der Waals surface area contributed by atoms with Crippen LogP contribution in [0.1, 0.15) is 26.2 Å². The lowest BCUT2D eigenvalue weighted by Crippen LogP contribution is -2.57. The maximum Gasteiger partial charge on any atom is 0.261 e. The number of carbonyl (C=O) groups is 1. The van der Waals surface area contributed by atoms with Crippen molar-refractivity contribution in [3.8, 4) is 0 Å². The van der Waals surface area contributed by atoms with E-state index in [4.69, 9.17) is 22.3 Å². The van der Waals surface area contributed by atoms with Crippen LogP contribution in [0.25, 0.3) is 0 Å². The first kappa shape index (κ1) is 22.6. The maximum absolute atomic E-state index is 13.3. The smallest absolute Gasteiger partial charge is 0.261 e. The number of rotatable bonds is 4. The van der Waals surface area contributed by atoms with Gasteiger partial charge in [0, 0.05) is 53.6 Å². The Hall–Kier alpha value is -1.54. The number of halogens is 2. The van der Waals surface area contributed by atoms with E-state index in [1.807, 2.05) is 17.9 Å². The van der Waals surface area contributed by atoms with Gasteiger partial charge in [0.05, 0.1) is 10.9 Å². The predicted molar refractivity (Wildman–Crippen MR) is 124 cm³/mol. The number of carbonyl (C=O) groups excluding carboxylic acids is 1. The molecule has 2 heterocycles.